The number of carbonyl (C=O) groups excluding carboxylic acids is 2. The average molecular weight is 437 g/mol. The highest BCUT2D eigenvalue weighted by Gasteiger charge is 2.20. The molecule has 1 fully saturated rings. The second kappa shape index (κ2) is 10.1. The zero-order valence-corrected chi connectivity index (χ0v) is 17.4. The number of halogens is 1. The maximum absolute atomic E-state index is 13.1. The Bertz CT molecular complexity index is 1080. The first kappa shape index (κ1) is 21.5. The zero-order chi connectivity index (χ0) is 22.3. The van der Waals surface area contributed by atoms with Gasteiger partial charge in [-0.25, -0.2) is 4.39 Å². The molecule has 0 spiro atoms. The third-order valence-electron chi connectivity index (χ3n) is 5.23. The molecule has 0 radical (unpaired) electrons. The van der Waals surface area contributed by atoms with Crippen molar-refractivity contribution in [3.63, 3.8) is 0 Å². The molecule has 1 aliphatic heterocycles. The van der Waals surface area contributed by atoms with Crippen LogP contribution in [0.2, 0.25) is 0 Å². The Balaban J connectivity index is 1.40. The topological polar surface area (TPSA) is 108 Å². The number of para-hydroxylation sites is 1. The molecule has 4 rings (SSSR count). The van der Waals surface area contributed by atoms with E-state index in [9.17, 15) is 14.0 Å². The van der Waals surface area contributed by atoms with Gasteiger partial charge < -0.3 is 20.7 Å². The number of aromatic amines is 1. The fourth-order valence-corrected chi connectivity index (χ4v) is 3.56. The van der Waals surface area contributed by atoms with Crippen molar-refractivity contribution in [2.45, 2.75) is 25.3 Å². The van der Waals surface area contributed by atoms with E-state index >= 15 is 0 Å². The molecule has 2 aromatic carbocycles. The lowest BCUT2D eigenvalue weighted by molar-refractivity contribution is 0.102. The van der Waals surface area contributed by atoms with Gasteiger partial charge in [0.2, 0.25) is 0 Å². The second-order valence-electron chi connectivity index (χ2n) is 7.50. The lowest BCUT2D eigenvalue weighted by atomic mass is 10.1. The number of amides is 2. The Morgan fingerprint density at radius 3 is 2.69 bits per heavy atom. The van der Waals surface area contributed by atoms with E-state index in [1.54, 1.807) is 24.3 Å². The Kier molecular flexibility index (Phi) is 6.76. The molecule has 2 amide bonds. The molecule has 1 atom stereocenters. The quantitative estimate of drug-likeness (QED) is 0.431. The van der Waals surface area contributed by atoms with Crippen molar-refractivity contribution in [1.82, 2.24) is 15.5 Å². The molecule has 166 valence electrons. The largest absolute Gasteiger partial charge is 0.493 e. The zero-order valence-electron chi connectivity index (χ0n) is 17.4. The first-order valence-electron chi connectivity index (χ1n) is 10.5. The van der Waals surface area contributed by atoms with E-state index in [-0.39, 0.29) is 11.4 Å². The Hall–Kier alpha value is -3.72. The highest BCUT2D eigenvalue weighted by atomic mass is 19.1. The highest BCUT2D eigenvalue weighted by molar-refractivity contribution is 6.12. The first-order chi connectivity index (χ1) is 15.6. The number of nitrogens with one attached hydrogen (secondary N) is 4. The van der Waals surface area contributed by atoms with Crippen molar-refractivity contribution in [1.29, 1.82) is 0 Å². The van der Waals surface area contributed by atoms with Gasteiger partial charge in [0, 0.05) is 11.7 Å². The van der Waals surface area contributed by atoms with Crippen LogP contribution in [0.3, 0.4) is 0 Å². The number of nitrogens with zero attached hydrogens (tertiary/aromatic N) is 1. The van der Waals surface area contributed by atoms with Crippen LogP contribution in [0, 0.1) is 5.82 Å². The van der Waals surface area contributed by atoms with Gasteiger partial charge >= 0.3 is 0 Å². The SMILES string of the molecule is O=C(Nc1cn[nH]c1C(=O)Nc1ccc(F)cc1)c1ccccc1OCCC1CCCN1. The van der Waals surface area contributed by atoms with E-state index in [1.165, 1.54) is 36.9 Å². The first-order valence-corrected chi connectivity index (χ1v) is 10.5. The maximum atomic E-state index is 13.1. The van der Waals surface area contributed by atoms with Gasteiger partial charge in [0.15, 0.2) is 0 Å². The number of hydrogen-bond acceptors (Lipinski definition) is 5. The van der Waals surface area contributed by atoms with Gasteiger partial charge in [-0.2, -0.15) is 5.10 Å². The molecule has 0 aliphatic carbocycles. The molecule has 8 nitrogen and oxygen atoms in total. The molecule has 9 heteroatoms. The lowest BCUT2D eigenvalue weighted by Gasteiger charge is -2.14. The molecule has 1 aliphatic rings. The Morgan fingerprint density at radius 2 is 1.91 bits per heavy atom. The predicted octanol–water partition coefficient (Wildman–Crippen LogP) is 3.57. The minimum atomic E-state index is -0.516. The van der Waals surface area contributed by atoms with E-state index in [0.29, 0.717) is 29.6 Å². The number of carbonyl (C=O) groups is 2. The van der Waals surface area contributed by atoms with E-state index in [2.05, 4.69) is 26.1 Å². The standard InChI is InChI=1S/C23H24FN5O3/c24-15-7-9-17(10-8-15)27-23(31)21-19(14-26-29-21)28-22(30)18-5-1-2-6-20(18)32-13-11-16-4-3-12-25-16/h1-2,5-10,14,16,25H,3-4,11-13H2,(H,26,29)(H,27,31)(H,28,30). The Labute approximate surface area is 184 Å². The molecule has 1 unspecified atom stereocenters. The summed E-state index contributed by atoms with van der Waals surface area (Å²) in [4.78, 5) is 25.5. The summed E-state index contributed by atoms with van der Waals surface area (Å²) >= 11 is 0. The van der Waals surface area contributed by atoms with Gasteiger partial charge in [0.25, 0.3) is 11.8 Å². The van der Waals surface area contributed by atoms with Crippen molar-refractivity contribution in [3.8, 4) is 5.75 Å². The van der Waals surface area contributed by atoms with Gasteiger partial charge in [0.1, 0.15) is 17.3 Å². The highest BCUT2D eigenvalue weighted by Crippen LogP contribution is 2.22. The average Bonchev–Trinajstić information content (AvgIpc) is 3.48. The van der Waals surface area contributed by atoms with E-state index < -0.39 is 17.6 Å². The molecule has 32 heavy (non-hydrogen) atoms. The molecule has 1 saturated heterocycles. The van der Waals surface area contributed by atoms with Gasteiger partial charge in [-0.05, 0) is 62.2 Å². The van der Waals surface area contributed by atoms with E-state index in [1.807, 2.05) is 0 Å². The molecular formula is C23H24FN5O3. The molecular weight excluding hydrogens is 413 g/mol. The smallest absolute Gasteiger partial charge is 0.275 e. The molecule has 1 aromatic heterocycles. The molecule has 0 bridgehead atoms. The van der Waals surface area contributed by atoms with Crippen molar-refractivity contribution in [2.75, 3.05) is 23.8 Å². The van der Waals surface area contributed by atoms with Crippen LogP contribution < -0.4 is 20.7 Å². The number of benzene rings is 2. The van der Waals surface area contributed by atoms with Crippen LogP contribution >= 0.6 is 0 Å². The fraction of sp³-hybridized carbons (Fsp3) is 0.261. The predicted molar refractivity (Wildman–Crippen MR) is 118 cm³/mol. The van der Waals surface area contributed by atoms with Crippen LogP contribution in [0.1, 0.15) is 40.1 Å². The molecule has 0 saturated carbocycles. The molecule has 2 heterocycles. The lowest BCUT2D eigenvalue weighted by Crippen LogP contribution is -2.24. The van der Waals surface area contributed by atoms with Gasteiger partial charge in [0.05, 0.1) is 24.1 Å². The maximum Gasteiger partial charge on any atom is 0.275 e. The summed E-state index contributed by atoms with van der Waals surface area (Å²) in [6.45, 7) is 1.53. The summed E-state index contributed by atoms with van der Waals surface area (Å²) in [5, 5.41) is 15.2. The van der Waals surface area contributed by atoms with Crippen LogP contribution in [0.25, 0.3) is 0 Å². The normalized spacial score (nSPS) is 15.3. The molecule has 4 N–H and O–H groups in total. The van der Waals surface area contributed by atoms with Crippen molar-refractivity contribution >= 4 is 23.2 Å². The number of aromatic nitrogens is 2. The summed E-state index contributed by atoms with van der Waals surface area (Å²) in [5.74, 6) is -0.864. The third kappa shape index (κ3) is 5.30. The number of H-pyrrole nitrogens is 1. The van der Waals surface area contributed by atoms with E-state index in [0.717, 1.165) is 19.4 Å². The minimum Gasteiger partial charge on any atom is -0.493 e. The van der Waals surface area contributed by atoms with Crippen molar-refractivity contribution < 1.29 is 18.7 Å². The number of rotatable bonds is 8. The second-order valence-corrected chi connectivity index (χ2v) is 7.50. The van der Waals surface area contributed by atoms with Gasteiger partial charge in [-0.15, -0.1) is 0 Å². The fourth-order valence-electron chi connectivity index (χ4n) is 3.56. The summed E-state index contributed by atoms with van der Waals surface area (Å²) in [6, 6.07) is 12.8. The van der Waals surface area contributed by atoms with Crippen molar-refractivity contribution in [2.24, 2.45) is 0 Å². The van der Waals surface area contributed by atoms with Crippen LogP contribution in [-0.2, 0) is 0 Å². The van der Waals surface area contributed by atoms with Gasteiger partial charge in [-0.1, -0.05) is 12.1 Å². The summed E-state index contributed by atoms with van der Waals surface area (Å²) < 4.78 is 18.9. The monoisotopic (exact) mass is 437 g/mol. The minimum absolute atomic E-state index is 0.0772. The summed E-state index contributed by atoms with van der Waals surface area (Å²) in [7, 11) is 0. The summed E-state index contributed by atoms with van der Waals surface area (Å²) in [6.07, 6.45) is 4.53. The molecule has 3 aromatic rings. The third-order valence-corrected chi connectivity index (χ3v) is 5.23. The van der Waals surface area contributed by atoms with Crippen LogP contribution in [0.4, 0.5) is 15.8 Å². The van der Waals surface area contributed by atoms with Crippen LogP contribution in [-0.4, -0.2) is 41.2 Å². The van der Waals surface area contributed by atoms with Crippen molar-refractivity contribution in [3.05, 3.63) is 71.8 Å². The number of ether oxygens (including phenoxy) is 1. The van der Waals surface area contributed by atoms with Gasteiger partial charge in [-0.3, -0.25) is 14.7 Å². The summed E-state index contributed by atoms with van der Waals surface area (Å²) in [5.41, 5.74) is 1.07. The number of hydrogen-bond donors (Lipinski definition) is 4. The van der Waals surface area contributed by atoms with Crippen LogP contribution in [0.5, 0.6) is 5.75 Å². The van der Waals surface area contributed by atoms with E-state index in [4.69, 9.17) is 4.74 Å². The van der Waals surface area contributed by atoms with Crippen LogP contribution in [0.15, 0.2) is 54.7 Å². The number of anilines is 2. The Morgan fingerprint density at radius 1 is 1.09 bits per heavy atom.